The smallest absolute Gasteiger partial charge is 0.276 e. The number of rotatable bonds is 6. The molecule has 1 aromatic carbocycles. The topological polar surface area (TPSA) is 67.2 Å². The highest BCUT2D eigenvalue weighted by Gasteiger charge is 2.21. The van der Waals surface area contributed by atoms with E-state index in [1.165, 1.54) is 17.5 Å². The highest BCUT2D eigenvalue weighted by Crippen LogP contribution is 2.32. The Morgan fingerprint density at radius 3 is 2.82 bits per heavy atom. The maximum atomic E-state index is 13.1. The Morgan fingerprint density at radius 2 is 2.04 bits per heavy atom. The van der Waals surface area contributed by atoms with Crippen molar-refractivity contribution >= 4 is 37.4 Å². The zero-order valence-electron chi connectivity index (χ0n) is 16.4. The summed E-state index contributed by atoms with van der Waals surface area (Å²) < 4.78 is 3.31. The van der Waals surface area contributed by atoms with E-state index < -0.39 is 6.04 Å². The summed E-state index contributed by atoms with van der Waals surface area (Å²) in [6.07, 6.45) is 3.47. The van der Waals surface area contributed by atoms with Crippen LogP contribution in [0.1, 0.15) is 37.9 Å². The van der Waals surface area contributed by atoms with Crippen molar-refractivity contribution in [1.29, 1.82) is 0 Å². The fourth-order valence-electron chi connectivity index (χ4n) is 3.92. The molecule has 0 spiro atoms. The van der Waals surface area contributed by atoms with Crippen LogP contribution in [0.2, 0.25) is 0 Å². The van der Waals surface area contributed by atoms with Gasteiger partial charge >= 0.3 is 0 Å². The summed E-state index contributed by atoms with van der Waals surface area (Å²) in [5.74, 6) is -0.158. The summed E-state index contributed by atoms with van der Waals surface area (Å²) in [4.78, 5) is 28.2. The normalized spacial score (nSPS) is 16.1. The molecule has 0 bridgehead atoms. The second-order valence-electron chi connectivity index (χ2n) is 7.51. The van der Waals surface area contributed by atoms with Crippen LogP contribution in [-0.4, -0.2) is 46.8 Å². The van der Waals surface area contributed by atoms with E-state index in [9.17, 15) is 9.59 Å². The van der Waals surface area contributed by atoms with Gasteiger partial charge in [0.25, 0.3) is 5.56 Å². The summed E-state index contributed by atoms with van der Waals surface area (Å²) in [5, 5.41) is 9.03. The highest BCUT2D eigenvalue weighted by atomic mass is 32.1. The van der Waals surface area contributed by atoms with Crippen molar-refractivity contribution in [1.82, 2.24) is 20.0 Å². The molecule has 3 heterocycles. The second kappa shape index (κ2) is 8.01. The minimum absolute atomic E-state index is 0.158. The SMILES string of the molecule is Cc1nn([C@H](C)C(=O)NCCCN2CCCC2)c(=O)c2c1sc1ccccc12. The van der Waals surface area contributed by atoms with E-state index in [1.807, 2.05) is 31.2 Å². The number of nitrogens with zero attached hydrogens (tertiary/aromatic N) is 3. The molecule has 7 heteroatoms. The molecule has 0 radical (unpaired) electrons. The molecule has 2 aromatic heterocycles. The van der Waals surface area contributed by atoms with Gasteiger partial charge in [0.2, 0.25) is 5.91 Å². The first-order chi connectivity index (χ1) is 13.6. The molecule has 28 heavy (non-hydrogen) atoms. The standard InChI is InChI=1S/C21H26N4O2S/c1-14-19-18(16-8-3-4-9-17(16)28-19)21(27)25(23-14)15(2)20(26)22-10-7-13-24-11-5-6-12-24/h3-4,8-9,15H,5-7,10-13H2,1-2H3,(H,22,26)/t15-/m1/s1. The van der Waals surface area contributed by atoms with Crippen LogP contribution in [0, 0.1) is 6.92 Å². The van der Waals surface area contributed by atoms with Gasteiger partial charge in [-0.3, -0.25) is 9.59 Å². The zero-order chi connectivity index (χ0) is 19.7. The lowest BCUT2D eigenvalue weighted by Gasteiger charge is -2.17. The molecule has 1 aliphatic rings. The highest BCUT2D eigenvalue weighted by molar-refractivity contribution is 7.26. The largest absolute Gasteiger partial charge is 0.354 e. The molecule has 1 saturated heterocycles. The first-order valence-electron chi connectivity index (χ1n) is 9.97. The number of aromatic nitrogens is 2. The van der Waals surface area contributed by atoms with Gasteiger partial charge in [-0.15, -0.1) is 11.3 Å². The van der Waals surface area contributed by atoms with E-state index in [1.54, 1.807) is 18.3 Å². The molecule has 148 valence electrons. The Hall–Kier alpha value is -2.25. The molecular formula is C21H26N4O2S. The Kier molecular flexibility index (Phi) is 5.46. The van der Waals surface area contributed by atoms with Crippen molar-refractivity contribution in [3.63, 3.8) is 0 Å². The molecule has 6 nitrogen and oxygen atoms in total. The van der Waals surface area contributed by atoms with Crippen LogP contribution in [0.5, 0.6) is 0 Å². The molecule has 1 atom stereocenters. The van der Waals surface area contributed by atoms with Gasteiger partial charge in [-0.25, -0.2) is 4.68 Å². The van der Waals surface area contributed by atoms with Crippen LogP contribution in [0.25, 0.3) is 20.2 Å². The zero-order valence-corrected chi connectivity index (χ0v) is 17.2. The van der Waals surface area contributed by atoms with Crippen molar-refractivity contribution < 1.29 is 4.79 Å². The Balaban J connectivity index is 1.52. The summed E-state index contributed by atoms with van der Waals surface area (Å²) in [6.45, 7) is 7.60. The van der Waals surface area contributed by atoms with Crippen LogP contribution in [0.4, 0.5) is 0 Å². The fraction of sp³-hybridized carbons (Fsp3) is 0.476. The molecule has 1 amide bonds. The number of carbonyl (C=O) groups excluding carboxylic acids is 1. The van der Waals surface area contributed by atoms with Crippen LogP contribution < -0.4 is 10.9 Å². The van der Waals surface area contributed by atoms with E-state index in [4.69, 9.17) is 0 Å². The van der Waals surface area contributed by atoms with E-state index in [0.29, 0.717) is 11.9 Å². The monoisotopic (exact) mass is 398 g/mol. The van der Waals surface area contributed by atoms with Crippen molar-refractivity contribution in [3.8, 4) is 0 Å². The molecule has 4 rings (SSSR count). The van der Waals surface area contributed by atoms with Crippen molar-refractivity contribution in [3.05, 3.63) is 40.3 Å². The molecule has 0 saturated carbocycles. The second-order valence-corrected chi connectivity index (χ2v) is 8.56. The number of carbonyl (C=O) groups is 1. The average molecular weight is 399 g/mol. The minimum Gasteiger partial charge on any atom is -0.354 e. The quantitative estimate of drug-likeness (QED) is 0.648. The molecule has 1 fully saturated rings. The summed E-state index contributed by atoms with van der Waals surface area (Å²) in [6, 6.07) is 7.24. The van der Waals surface area contributed by atoms with Gasteiger partial charge < -0.3 is 10.2 Å². The number of nitrogens with one attached hydrogen (secondary N) is 1. The third-order valence-electron chi connectivity index (χ3n) is 5.50. The number of fused-ring (bicyclic) bond motifs is 3. The van der Waals surface area contributed by atoms with Gasteiger partial charge in [-0.2, -0.15) is 5.10 Å². The number of aryl methyl sites for hydroxylation is 1. The lowest BCUT2D eigenvalue weighted by molar-refractivity contribution is -0.124. The van der Waals surface area contributed by atoms with Gasteiger partial charge in [-0.1, -0.05) is 18.2 Å². The third kappa shape index (κ3) is 3.56. The van der Waals surface area contributed by atoms with Gasteiger partial charge in [0.15, 0.2) is 0 Å². The number of thiophene rings is 1. The summed E-state index contributed by atoms with van der Waals surface area (Å²) in [5.41, 5.74) is 0.585. The van der Waals surface area contributed by atoms with Gasteiger partial charge in [-0.05, 0) is 58.8 Å². The van der Waals surface area contributed by atoms with E-state index >= 15 is 0 Å². The maximum absolute atomic E-state index is 13.1. The predicted molar refractivity (Wildman–Crippen MR) is 114 cm³/mol. The van der Waals surface area contributed by atoms with Crippen LogP contribution in [0.15, 0.2) is 29.1 Å². The number of hydrogen-bond acceptors (Lipinski definition) is 5. The molecule has 1 N–H and O–H groups in total. The van der Waals surface area contributed by atoms with Crippen LogP contribution in [0.3, 0.4) is 0 Å². The Labute approximate surface area is 168 Å². The van der Waals surface area contributed by atoms with Crippen molar-refractivity contribution in [2.24, 2.45) is 0 Å². The number of amides is 1. The molecule has 1 aliphatic heterocycles. The first kappa shape index (κ1) is 19.1. The predicted octanol–water partition coefficient (Wildman–Crippen LogP) is 3.08. The molecular weight excluding hydrogens is 372 g/mol. The Morgan fingerprint density at radius 1 is 1.29 bits per heavy atom. The van der Waals surface area contributed by atoms with E-state index in [-0.39, 0.29) is 11.5 Å². The van der Waals surface area contributed by atoms with Gasteiger partial charge in [0, 0.05) is 16.6 Å². The Bertz CT molecular complexity index is 1070. The lowest BCUT2D eigenvalue weighted by Crippen LogP contribution is -2.38. The molecule has 0 aliphatic carbocycles. The maximum Gasteiger partial charge on any atom is 0.276 e. The van der Waals surface area contributed by atoms with Gasteiger partial charge in [0.05, 0.1) is 15.8 Å². The van der Waals surface area contributed by atoms with E-state index in [0.717, 1.165) is 46.5 Å². The lowest BCUT2D eigenvalue weighted by atomic mass is 10.2. The average Bonchev–Trinajstić information content (AvgIpc) is 3.35. The van der Waals surface area contributed by atoms with Crippen LogP contribution >= 0.6 is 11.3 Å². The molecule has 0 unspecified atom stereocenters. The van der Waals surface area contributed by atoms with Crippen molar-refractivity contribution in [2.75, 3.05) is 26.2 Å². The summed E-state index contributed by atoms with van der Waals surface area (Å²) in [7, 11) is 0. The number of benzene rings is 1. The minimum atomic E-state index is -0.638. The third-order valence-corrected chi connectivity index (χ3v) is 6.78. The summed E-state index contributed by atoms with van der Waals surface area (Å²) >= 11 is 1.58. The van der Waals surface area contributed by atoms with Gasteiger partial charge in [0.1, 0.15) is 6.04 Å². The fourth-order valence-corrected chi connectivity index (χ4v) is 5.06. The van der Waals surface area contributed by atoms with Crippen molar-refractivity contribution in [2.45, 2.75) is 39.2 Å². The first-order valence-corrected chi connectivity index (χ1v) is 10.8. The number of hydrogen-bond donors (Lipinski definition) is 1. The van der Waals surface area contributed by atoms with Crippen LogP contribution in [-0.2, 0) is 4.79 Å². The number of likely N-dealkylation sites (tertiary alicyclic amines) is 1. The molecule has 3 aromatic rings. The van der Waals surface area contributed by atoms with E-state index in [2.05, 4.69) is 15.3 Å².